The van der Waals surface area contributed by atoms with Crippen molar-refractivity contribution in [1.82, 2.24) is 9.38 Å². The first kappa shape index (κ1) is 15.3. The number of anilines is 1. The van der Waals surface area contributed by atoms with Crippen LogP contribution in [0.1, 0.15) is 41.2 Å². The predicted molar refractivity (Wildman–Crippen MR) is 93.1 cm³/mol. The van der Waals surface area contributed by atoms with Gasteiger partial charge in [0.1, 0.15) is 11.3 Å². The zero-order chi connectivity index (χ0) is 16.4. The molecule has 0 spiro atoms. The average molecular weight is 307 g/mol. The van der Waals surface area contributed by atoms with Crippen LogP contribution >= 0.6 is 0 Å². The van der Waals surface area contributed by atoms with E-state index in [-0.39, 0.29) is 5.91 Å². The highest BCUT2D eigenvalue weighted by Gasteiger charge is 2.18. The summed E-state index contributed by atoms with van der Waals surface area (Å²) in [6.07, 6.45) is 3.62. The number of nitrogens with one attached hydrogen (secondary N) is 1. The lowest BCUT2D eigenvalue weighted by molar-refractivity contribution is 0.102. The van der Waals surface area contributed by atoms with Crippen molar-refractivity contribution in [2.24, 2.45) is 0 Å². The maximum Gasteiger partial charge on any atom is 0.274 e. The van der Waals surface area contributed by atoms with E-state index in [0.29, 0.717) is 5.69 Å². The summed E-state index contributed by atoms with van der Waals surface area (Å²) in [6, 6.07) is 11.9. The molecule has 0 bridgehead atoms. The van der Waals surface area contributed by atoms with Crippen LogP contribution in [0.15, 0.2) is 42.6 Å². The van der Waals surface area contributed by atoms with E-state index in [1.807, 2.05) is 60.8 Å². The van der Waals surface area contributed by atoms with E-state index in [1.54, 1.807) is 0 Å². The second kappa shape index (κ2) is 6.24. The number of hydrogen-bond donors (Lipinski definition) is 1. The summed E-state index contributed by atoms with van der Waals surface area (Å²) in [5.74, 6) is -0.123. The summed E-state index contributed by atoms with van der Waals surface area (Å²) in [6.45, 7) is 6.15. The zero-order valence-electron chi connectivity index (χ0n) is 13.8. The average Bonchev–Trinajstić information content (AvgIpc) is 2.93. The molecule has 2 aromatic heterocycles. The molecule has 1 aromatic carbocycles. The topological polar surface area (TPSA) is 46.4 Å². The van der Waals surface area contributed by atoms with Crippen LogP contribution in [-0.4, -0.2) is 15.3 Å². The second-order valence-electron chi connectivity index (χ2n) is 5.70. The van der Waals surface area contributed by atoms with Crippen molar-refractivity contribution in [3.8, 4) is 0 Å². The van der Waals surface area contributed by atoms with Crippen molar-refractivity contribution in [2.75, 3.05) is 5.32 Å². The van der Waals surface area contributed by atoms with Gasteiger partial charge in [0.15, 0.2) is 0 Å². The highest BCUT2D eigenvalue weighted by molar-refractivity contribution is 6.04. The first-order valence-corrected chi connectivity index (χ1v) is 8.00. The van der Waals surface area contributed by atoms with Gasteiger partial charge in [-0.05, 0) is 55.2 Å². The summed E-state index contributed by atoms with van der Waals surface area (Å²) < 4.78 is 1.86. The van der Waals surface area contributed by atoms with E-state index < -0.39 is 0 Å². The number of imidazole rings is 1. The Bertz CT molecular complexity index is 847. The molecule has 0 fully saturated rings. The van der Waals surface area contributed by atoms with Gasteiger partial charge in [0.25, 0.3) is 5.91 Å². The third-order valence-electron chi connectivity index (χ3n) is 4.02. The Morgan fingerprint density at radius 2 is 1.87 bits per heavy atom. The van der Waals surface area contributed by atoms with Gasteiger partial charge in [0.05, 0.1) is 5.69 Å². The Labute approximate surface area is 136 Å². The number of benzene rings is 1. The summed E-state index contributed by atoms with van der Waals surface area (Å²) in [5, 5.41) is 2.98. The molecule has 2 heterocycles. The van der Waals surface area contributed by atoms with Gasteiger partial charge in [-0.15, -0.1) is 0 Å². The number of nitrogens with zero attached hydrogens (tertiary/aromatic N) is 2. The van der Waals surface area contributed by atoms with Gasteiger partial charge >= 0.3 is 0 Å². The van der Waals surface area contributed by atoms with Crippen LogP contribution in [0.25, 0.3) is 5.65 Å². The van der Waals surface area contributed by atoms with E-state index in [2.05, 4.69) is 17.2 Å². The van der Waals surface area contributed by atoms with Gasteiger partial charge < -0.3 is 5.32 Å². The molecule has 0 unspecified atom stereocenters. The minimum absolute atomic E-state index is 0.123. The zero-order valence-corrected chi connectivity index (χ0v) is 13.8. The van der Waals surface area contributed by atoms with E-state index >= 15 is 0 Å². The summed E-state index contributed by atoms with van der Waals surface area (Å²) in [7, 11) is 0. The van der Waals surface area contributed by atoms with Crippen LogP contribution < -0.4 is 5.32 Å². The molecular formula is C19H21N3O. The number of hydrogen-bond acceptors (Lipinski definition) is 2. The minimum atomic E-state index is -0.123. The van der Waals surface area contributed by atoms with Gasteiger partial charge in [-0.25, -0.2) is 4.98 Å². The van der Waals surface area contributed by atoms with Crippen LogP contribution in [-0.2, 0) is 12.8 Å². The van der Waals surface area contributed by atoms with Crippen molar-refractivity contribution in [3.63, 3.8) is 0 Å². The van der Waals surface area contributed by atoms with Crippen molar-refractivity contribution < 1.29 is 4.79 Å². The Balaban J connectivity index is 1.96. The van der Waals surface area contributed by atoms with E-state index in [9.17, 15) is 4.79 Å². The third-order valence-corrected chi connectivity index (χ3v) is 4.02. The Morgan fingerprint density at radius 1 is 1.13 bits per heavy atom. The summed E-state index contributed by atoms with van der Waals surface area (Å²) in [5.41, 5.74) is 5.43. The third kappa shape index (κ3) is 2.97. The predicted octanol–water partition coefficient (Wildman–Crippen LogP) is 4.02. The molecule has 118 valence electrons. The van der Waals surface area contributed by atoms with E-state index in [0.717, 1.165) is 35.4 Å². The van der Waals surface area contributed by atoms with Gasteiger partial charge in [0.2, 0.25) is 0 Å². The largest absolute Gasteiger partial charge is 0.321 e. The number of carbonyl (C=O) groups is 1. The summed E-state index contributed by atoms with van der Waals surface area (Å²) in [4.78, 5) is 17.3. The first-order chi connectivity index (χ1) is 11.1. The lowest BCUT2D eigenvalue weighted by Crippen LogP contribution is -2.16. The number of fused-ring (bicyclic) bond motifs is 1. The standard InChI is InChI=1S/C19H21N3O/c1-4-14-6-8-15(9-7-14)20-19(23)18-16(5-2)21-17-12-13(3)10-11-22(17)18/h6-12H,4-5H2,1-3H3,(H,20,23). The molecule has 0 saturated heterocycles. The summed E-state index contributed by atoms with van der Waals surface area (Å²) >= 11 is 0. The smallest absolute Gasteiger partial charge is 0.274 e. The normalized spacial score (nSPS) is 10.9. The fourth-order valence-corrected chi connectivity index (χ4v) is 2.70. The van der Waals surface area contributed by atoms with Crippen molar-refractivity contribution in [3.05, 3.63) is 65.1 Å². The van der Waals surface area contributed by atoms with Gasteiger partial charge in [-0.1, -0.05) is 26.0 Å². The van der Waals surface area contributed by atoms with Gasteiger partial charge in [0, 0.05) is 11.9 Å². The van der Waals surface area contributed by atoms with Crippen molar-refractivity contribution in [1.29, 1.82) is 0 Å². The minimum Gasteiger partial charge on any atom is -0.321 e. The molecular weight excluding hydrogens is 286 g/mol. The fraction of sp³-hybridized carbons (Fsp3) is 0.263. The Morgan fingerprint density at radius 3 is 2.52 bits per heavy atom. The molecule has 0 aliphatic rings. The molecule has 1 amide bonds. The van der Waals surface area contributed by atoms with Crippen LogP contribution in [0.2, 0.25) is 0 Å². The number of rotatable bonds is 4. The molecule has 0 atom stereocenters. The van der Waals surface area contributed by atoms with Crippen LogP contribution in [0.4, 0.5) is 5.69 Å². The van der Waals surface area contributed by atoms with Crippen LogP contribution in [0.3, 0.4) is 0 Å². The monoisotopic (exact) mass is 307 g/mol. The maximum absolute atomic E-state index is 12.7. The molecule has 0 radical (unpaired) electrons. The number of carbonyl (C=O) groups excluding carboxylic acids is 1. The maximum atomic E-state index is 12.7. The lowest BCUT2D eigenvalue weighted by Gasteiger charge is -2.07. The molecule has 3 aromatic rings. The van der Waals surface area contributed by atoms with Crippen LogP contribution in [0, 0.1) is 6.92 Å². The van der Waals surface area contributed by atoms with E-state index in [4.69, 9.17) is 0 Å². The van der Waals surface area contributed by atoms with Gasteiger partial charge in [-0.2, -0.15) is 0 Å². The van der Waals surface area contributed by atoms with Gasteiger partial charge in [-0.3, -0.25) is 9.20 Å². The Kier molecular flexibility index (Phi) is 4.15. The molecule has 0 aliphatic heterocycles. The number of pyridine rings is 1. The Hall–Kier alpha value is -2.62. The quantitative estimate of drug-likeness (QED) is 0.791. The molecule has 4 nitrogen and oxygen atoms in total. The fourth-order valence-electron chi connectivity index (χ4n) is 2.70. The number of amides is 1. The molecule has 3 rings (SSSR count). The highest BCUT2D eigenvalue weighted by Crippen LogP contribution is 2.17. The van der Waals surface area contributed by atoms with Crippen LogP contribution in [0.5, 0.6) is 0 Å². The first-order valence-electron chi connectivity index (χ1n) is 8.00. The second-order valence-corrected chi connectivity index (χ2v) is 5.70. The molecule has 0 aliphatic carbocycles. The molecule has 0 saturated carbocycles. The SMILES string of the molecule is CCc1ccc(NC(=O)c2c(CC)nc3cc(C)ccn23)cc1. The van der Waals surface area contributed by atoms with Crippen molar-refractivity contribution in [2.45, 2.75) is 33.6 Å². The molecule has 1 N–H and O–H groups in total. The molecule has 23 heavy (non-hydrogen) atoms. The number of aryl methyl sites for hydroxylation is 3. The van der Waals surface area contributed by atoms with Crippen molar-refractivity contribution >= 4 is 17.2 Å². The van der Waals surface area contributed by atoms with E-state index in [1.165, 1.54) is 5.56 Å². The number of aromatic nitrogens is 2. The molecule has 4 heteroatoms. The lowest BCUT2D eigenvalue weighted by atomic mass is 10.1. The highest BCUT2D eigenvalue weighted by atomic mass is 16.2.